The van der Waals surface area contributed by atoms with Gasteiger partial charge >= 0.3 is 6.01 Å². The van der Waals surface area contributed by atoms with Gasteiger partial charge in [-0.05, 0) is 18.1 Å². The van der Waals surface area contributed by atoms with E-state index in [1.165, 1.54) is 6.26 Å². The molecule has 0 saturated carbocycles. The van der Waals surface area contributed by atoms with Crippen LogP contribution in [0.1, 0.15) is 22.7 Å². The number of amides is 1. The van der Waals surface area contributed by atoms with Crippen molar-refractivity contribution in [3.63, 3.8) is 0 Å². The van der Waals surface area contributed by atoms with Crippen LogP contribution in [-0.2, 0) is 4.79 Å². The van der Waals surface area contributed by atoms with Crippen LogP contribution in [0.4, 0.5) is 6.01 Å². The monoisotopic (exact) mass is 292 g/mol. The van der Waals surface area contributed by atoms with Gasteiger partial charge in [-0.15, -0.1) is 0 Å². The number of hydrogen-bond donors (Lipinski definition) is 1. The third-order valence-electron chi connectivity index (χ3n) is 3.38. The first-order chi connectivity index (χ1) is 10.7. The Balaban J connectivity index is 1.93. The zero-order chi connectivity index (χ0) is 15.4. The molecular formula is C18H16N2O2. The Bertz CT molecular complexity index is 712. The van der Waals surface area contributed by atoms with Gasteiger partial charge in [-0.2, -0.15) is 4.98 Å². The predicted molar refractivity (Wildman–Crippen MR) is 84.6 cm³/mol. The van der Waals surface area contributed by atoms with Crippen LogP contribution in [0.3, 0.4) is 0 Å². The molecule has 3 aromatic rings. The molecule has 4 nitrogen and oxygen atoms in total. The maximum atomic E-state index is 12.7. The predicted octanol–water partition coefficient (Wildman–Crippen LogP) is 3.75. The van der Waals surface area contributed by atoms with E-state index >= 15 is 0 Å². The lowest BCUT2D eigenvalue weighted by Crippen LogP contribution is -2.22. The summed E-state index contributed by atoms with van der Waals surface area (Å²) >= 11 is 0. The van der Waals surface area contributed by atoms with Crippen molar-refractivity contribution >= 4 is 11.9 Å². The van der Waals surface area contributed by atoms with E-state index in [9.17, 15) is 4.79 Å². The molecule has 0 bridgehead atoms. The van der Waals surface area contributed by atoms with Crippen LogP contribution in [0.2, 0.25) is 0 Å². The van der Waals surface area contributed by atoms with Crippen LogP contribution in [0.25, 0.3) is 0 Å². The van der Waals surface area contributed by atoms with Gasteiger partial charge in [0.15, 0.2) is 0 Å². The summed E-state index contributed by atoms with van der Waals surface area (Å²) in [4.78, 5) is 16.8. The summed E-state index contributed by atoms with van der Waals surface area (Å²) in [6.45, 7) is 1.81. The number of oxazole rings is 1. The number of aryl methyl sites for hydroxylation is 1. The molecule has 1 N–H and O–H groups in total. The molecule has 2 aromatic carbocycles. The largest absolute Gasteiger partial charge is 0.432 e. The van der Waals surface area contributed by atoms with Crippen LogP contribution in [-0.4, -0.2) is 10.9 Å². The summed E-state index contributed by atoms with van der Waals surface area (Å²) in [5.74, 6) is -0.575. The molecule has 0 saturated heterocycles. The lowest BCUT2D eigenvalue weighted by Gasteiger charge is -2.16. The van der Waals surface area contributed by atoms with Gasteiger partial charge in [0.25, 0.3) is 0 Å². The summed E-state index contributed by atoms with van der Waals surface area (Å²) < 4.78 is 5.21. The molecule has 0 spiro atoms. The molecule has 110 valence electrons. The molecule has 1 heterocycles. The van der Waals surface area contributed by atoms with Crippen molar-refractivity contribution in [2.45, 2.75) is 12.8 Å². The van der Waals surface area contributed by atoms with E-state index in [0.29, 0.717) is 0 Å². The third-order valence-corrected chi connectivity index (χ3v) is 3.38. The molecule has 4 heteroatoms. The average Bonchev–Trinajstić information content (AvgIpc) is 2.95. The standard InChI is InChI=1S/C18H16N2O2/c1-13-12-22-18(19-13)20-17(21)16(14-8-4-2-5-9-14)15-10-6-3-7-11-15/h2-12,16H,1H3,(H,19,20,21). The van der Waals surface area contributed by atoms with Crippen molar-refractivity contribution in [1.29, 1.82) is 0 Å². The molecule has 0 aliphatic rings. The number of nitrogens with zero attached hydrogens (tertiary/aromatic N) is 1. The number of aromatic nitrogens is 1. The molecule has 1 aromatic heterocycles. The second-order valence-electron chi connectivity index (χ2n) is 5.04. The van der Waals surface area contributed by atoms with Gasteiger partial charge in [-0.25, -0.2) is 0 Å². The van der Waals surface area contributed by atoms with Crippen molar-refractivity contribution in [2.24, 2.45) is 0 Å². The van der Waals surface area contributed by atoms with Crippen LogP contribution >= 0.6 is 0 Å². The number of benzene rings is 2. The molecule has 1 amide bonds. The SMILES string of the molecule is Cc1coc(NC(=O)C(c2ccccc2)c2ccccc2)n1. The Labute approximate surface area is 128 Å². The van der Waals surface area contributed by atoms with Crippen LogP contribution < -0.4 is 5.32 Å². The molecular weight excluding hydrogens is 276 g/mol. The first-order valence-corrected chi connectivity index (χ1v) is 7.07. The highest BCUT2D eigenvalue weighted by Gasteiger charge is 2.23. The second kappa shape index (κ2) is 6.26. The van der Waals surface area contributed by atoms with E-state index in [4.69, 9.17) is 4.42 Å². The van der Waals surface area contributed by atoms with Crippen LogP contribution in [0.5, 0.6) is 0 Å². The van der Waals surface area contributed by atoms with E-state index in [0.717, 1.165) is 16.8 Å². The first kappa shape index (κ1) is 14.1. The Morgan fingerprint density at radius 3 is 2.00 bits per heavy atom. The van der Waals surface area contributed by atoms with Gasteiger partial charge in [0.1, 0.15) is 6.26 Å². The topological polar surface area (TPSA) is 55.1 Å². The van der Waals surface area contributed by atoms with Crippen molar-refractivity contribution in [1.82, 2.24) is 4.98 Å². The zero-order valence-electron chi connectivity index (χ0n) is 12.2. The van der Waals surface area contributed by atoms with Crippen molar-refractivity contribution in [3.05, 3.63) is 83.7 Å². The van der Waals surface area contributed by atoms with Crippen molar-refractivity contribution in [2.75, 3.05) is 5.32 Å². The van der Waals surface area contributed by atoms with Crippen molar-refractivity contribution in [3.8, 4) is 0 Å². The van der Waals surface area contributed by atoms with E-state index in [-0.39, 0.29) is 11.9 Å². The van der Waals surface area contributed by atoms with E-state index < -0.39 is 5.92 Å². The highest BCUT2D eigenvalue weighted by atomic mass is 16.4. The smallest absolute Gasteiger partial charge is 0.301 e. The van der Waals surface area contributed by atoms with Gasteiger partial charge in [0, 0.05) is 0 Å². The number of carbonyl (C=O) groups excluding carboxylic acids is 1. The Hall–Kier alpha value is -2.88. The van der Waals surface area contributed by atoms with Crippen molar-refractivity contribution < 1.29 is 9.21 Å². The minimum absolute atomic E-state index is 0.167. The fraction of sp³-hybridized carbons (Fsp3) is 0.111. The summed E-state index contributed by atoms with van der Waals surface area (Å²) in [5, 5.41) is 2.74. The summed E-state index contributed by atoms with van der Waals surface area (Å²) in [6.07, 6.45) is 1.51. The molecule has 0 aliphatic heterocycles. The second-order valence-corrected chi connectivity index (χ2v) is 5.04. The highest BCUT2D eigenvalue weighted by molar-refractivity contribution is 5.96. The molecule has 0 aliphatic carbocycles. The fourth-order valence-corrected chi connectivity index (χ4v) is 2.38. The molecule has 0 unspecified atom stereocenters. The zero-order valence-corrected chi connectivity index (χ0v) is 12.2. The molecule has 0 fully saturated rings. The van der Waals surface area contributed by atoms with Crippen LogP contribution in [0, 0.1) is 6.92 Å². The number of nitrogens with one attached hydrogen (secondary N) is 1. The quantitative estimate of drug-likeness (QED) is 0.796. The van der Waals surface area contributed by atoms with E-state index in [2.05, 4.69) is 10.3 Å². The minimum atomic E-state index is -0.408. The number of carbonyl (C=O) groups is 1. The summed E-state index contributed by atoms with van der Waals surface area (Å²) in [5.41, 5.74) is 2.58. The van der Waals surface area contributed by atoms with Gasteiger partial charge in [-0.1, -0.05) is 60.7 Å². The molecule has 22 heavy (non-hydrogen) atoms. The fourth-order valence-electron chi connectivity index (χ4n) is 2.38. The third kappa shape index (κ3) is 3.06. The van der Waals surface area contributed by atoms with Gasteiger partial charge in [0.05, 0.1) is 11.6 Å². The summed E-state index contributed by atoms with van der Waals surface area (Å²) in [7, 11) is 0. The number of anilines is 1. The molecule has 3 rings (SSSR count). The molecule has 0 radical (unpaired) electrons. The lowest BCUT2D eigenvalue weighted by atomic mass is 9.90. The van der Waals surface area contributed by atoms with E-state index in [1.54, 1.807) is 0 Å². The maximum absolute atomic E-state index is 12.7. The molecule has 0 atom stereocenters. The summed E-state index contributed by atoms with van der Waals surface area (Å²) in [6, 6.07) is 19.6. The Kier molecular flexibility index (Phi) is 4.01. The first-order valence-electron chi connectivity index (χ1n) is 7.07. The van der Waals surface area contributed by atoms with Crippen LogP contribution in [0.15, 0.2) is 71.3 Å². The highest BCUT2D eigenvalue weighted by Crippen LogP contribution is 2.26. The van der Waals surface area contributed by atoms with Gasteiger partial charge in [0.2, 0.25) is 5.91 Å². The van der Waals surface area contributed by atoms with E-state index in [1.807, 2.05) is 67.6 Å². The number of rotatable bonds is 4. The minimum Gasteiger partial charge on any atom is -0.432 e. The Morgan fingerprint density at radius 1 is 1.00 bits per heavy atom. The average molecular weight is 292 g/mol. The maximum Gasteiger partial charge on any atom is 0.301 e. The normalized spacial score (nSPS) is 10.6. The van der Waals surface area contributed by atoms with Gasteiger partial charge < -0.3 is 4.42 Å². The Morgan fingerprint density at radius 2 is 1.55 bits per heavy atom. The number of hydrogen-bond acceptors (Lipinski definition) is 3. The lowest BCUT2D eigenvalue weighted by molar-refractivity contribution is -0.116. The van der Waals surface area contributed by atoms with Gasteiger partial charge in [-0.3, -0.25) is 10.1 Å².